The summed E-state index contributed by atoms with van der Waals surface area (Å²) in [6.45, 7) is 9.19. The van der Waals surface area contributed by atoms with Gasteiger partial charge in [0.1, 0.15) is 0 Å². The van der Waals surface area contributed by atoms with Gasteiger partial charge < -0.3 is 29.6 Å². The summed E-state index contributed by atoms with van der Waals surface area (Å²) in [6.07, 6.45) is 1.05. The molecule has 4 rings (SSSR count). The number of nitrogens with zero attached hydrogens (tertiary/aromatic N) is 3. The minimum atomic E-state index is -0.542. The first-order valence-electron chi connectivity index (χ1n) is 12.5. The molecule has 1 aromatic carbocycles. The van der Waals surface area contributed by atoms with Crippen LogP contribution in [0.4, 0.5) is 5.13 Å². The zero-order valence-electron chi connectivity index (χ0n) is 21.2. The fraction of sp³-hybridized carbons (Fsp3) is 0.462. The highest BCUT2D eigenvalue weighted by molar-refractivity contribution is 7.14. The van der Waals surface area contributed by atoms with Crippen LogP contribution in [0.3, 0.4) is 0 Å². The Morgan fingerprint density at radius 2 is 1.89 bits per heavy atom. The molecule has 10 nitrogen and oxygen atoms in total. The van der Waals surface area contributed by atoms with Gasteiger partial charge in [0.05, 0.1) is 18.4 Å². The van der Waals surface area contributed by atoms with Gasteiger partial charge in [0.25, 0.3) is 0 Å². The Balaban J connectivity index is 1.21. The molecule has 2 aromatic heterocycles. The lowest BCUT2D eigenvalue weighted by atomic mass is 10.1. The molecule has 0 unspecified atom stereocenters. The van der Waals surface area contributed by atoms with E-state index in [0.29, 0.717) is 39.7 Å². The number of hydrogen-bond acceptors (Lipinski definition) is 9. The van der Waals surface area contributed by atoms with Gasteiger partial charge in [0.2, 0.25) is 11.8 Å². The van der Waals surface area contributed by atoms with Crippen LogP contribution in [0.25, 0.3) is 22.2 Å². The third kappa shape index (κ3) is 7.15. The van der Waals surface area contributed by atoms with Crippen molar-refractivity contribution >= 4 is 39.3 Å². The Kier molecular flexibility index (Phi) is 9.26. The maximum Gasteiger partial charge on any atom is 0.345 e. The van der Waals surface area contributed by atoms with E-state index in [-0.39, 0.29) is 24.7 Å². The summed E-state index contributed by atoms with van der Waals surface area (Å²) in [5.74, 6) is 0.0250. The highest BCUT2D eigenvalue weighted by Gasteiger charge is 2.16. The molecule has 198 valence electrons. The number of para-hydroxylation sites is 1. The predicted octanol–water partition coefficient (Wildman–Crippen LogP) is 2.79. The number of aromatic nitrogens is 1. The summed E-state index contributed by atoms with van der Waals surface area (Å²) < 4.78 is 10.7. The van der Waals surface area contributed by atoms with E-state index in [1.807, 2.05) is 12.1 Å². The van der Waals surface area contributed by atoms with Crippen LogP contribution in [0.15, 0.2) is 38.9 Å². The molecule has 3 aromatic rings. The molecule has 3 heterocycles. The molecule has 0 spiro atoms. The number of methoxy groups -OCH3 is 1. The monoisotopic (exact) mass is 527 g/mol. The second kappa shape index (κ2) is 12.8. The van der Waals surface area contributed by atoms with Gasteiger partial charge in [-0.3, -0.25) is 9.59 Å². The van der Waals surface area contributed by atoms with Gasteiger partial charge in [0.15, 0.2) is 16.5 Å². The fourth-order valence-electron chi connectivity index (χ4n) is 4.27. The third-order valence-corrected chi connectivity index (χ3v) is 7.19. The quantitative estimate of drug-likeness (QED) is 0.289. The summed E-state index contributed by atoms with van der Waals surface area (Å²) in [4.78, 5) is 46.2. The topological polar surface area (TPSA) is 117 Å². The van der Waals surface area contributed by atoms with Gasteiger partial charge in [-0.1, -0.05) is 19.1 Å². The lowest BCUT2D eigenvalue weighted by Crippen LogP contribution is -2.46. The van der Waals surface area contributed by atoms with Crippen molar-refractivity contribution in [3.63, 3.8) is 0 Å². The molecule has 37 heavy (non-hydrogen) atoms. The van der Waals surface area contributed by atoms with Crippen molar-refractivity contribution in [2.45, 2.75) is 26.2 Å². The Morgan fingerprint density at radius 1 is 1.14 bits per heavy atom. The van der Waals surface area contributed by atoms with Crippen molar-refractivity contribution in [2.75, 3.05) is 58.2 Å². The zero-order valence-corrected chi connectivity index (χ0v) is 22.1. The standard InChI is InChI=1S/C26H33N5O5S/c1-3-30-12-14-31(15-13-30)11-5-10-27-22(32)8-9-23(33)29-26-28-20(17-37-26)19-16-18-6-4-7-21(35-2)24(18)36-25(19)34/h4,6-7,16-17H,3,5,8-15H2,1-2H3,(H,27,32)(H,28,29,33). The van der Waals surface area contributed by atoms with E-state index in [1.54, 1.807) is 17.5 Å². The Morgan fingerprint density at radius 3 is 2.65 bits per heavy atom. The van der Waals surface area contributed by atoms with Gasteiger partial charge in [-0.2, -0.15) is 0 Å². The van der Waals surface area contributed by atoms with E-state index >= 15 is 0 Å². The molecule has 2 N–H and O–H groups in total. The SMILES string of the molecule is CCN1CCN(CCCNC(=O)CCC(=O)Nc2nc(-c3cc4cccc(OC)c4oc3=O)cs2)CC1. The normalized spacial score (nSPS) is 14.5. The van der Waals surface area contributed by atoms with Crippen molar-refractivity contribution in [1.82, 2.24) is 20.1 Å². The average Bonchev–Trinajstić information content (AvgIpc) is 3.37. The summed E-state index contributed by atoms with van der Waals surface area (Å²) in [5.41, 5.74) is 0.535. The number of anilines is 1. The molecule has 1 aliphatic rings. The van der Waals surface area contributed by atoms with Crippen LogP contribution in [0, 0.1) is 0 Å². The second-order valence-electron chi connectivity index (χ2n) is 8.89. The number of nitrogens with one attached hydrogen (secondary N) is 2. The van der Waals surface area contributed by atoms with Crippen LogP contribution in [-0.2, 0) is 9.59 Å². The Hall–Kier alpha value is -3.28. The number of likely N-dealkylation sites (N-methyl/N-ethyl adjacent to an activating group) is 1. The van der Waals surface area contributed by atoms with Gasteiger partial charge in [-0.15, -0.1) is 11.3 Å². The number of carbonyl (C=O) groups is 2. The first kappa shape index (κ1) is 26.8. The molecule has 11 heteroatoms. The lowest BCUT2D eigenvalue weighted by molar-refractivity contribution is -0.124. The first-order valence-corrected chi connectivity index (χ1v) is 13.4. The van der Waals surface area contributed by atoms with Crippen LogP contribution in [-0.4, -0.2) is 79.5 Å². The average molecular weight is 528 g/mol. The molecular formula is C26H33N5O5S. The minimum Gasteiger partial charge on any atom is -0.493 e. The lowest BCUT2D eigenvalue weighted by Gasteiger charge is -2.33. The van der Waals surface area contributed by atoms with Crippen molar-refractivity contribution in [2.24, 2.45) is 0 Å². The molecule has 1 fully saturated rings. The maximum absolute atomic E-state index is 12.5. The minimum absolute atomic E-state index is 0.0532. The van der Waals surface area contributed by atoms with Crippen LogP contribution >= 0.6 is 11.3 Å². The van der Waals surface area contributed by atoms with E-state index in [1.165, 1.54) is 18.4 Å². The molecule has 0 radical (unpaired) electrons. The molecular weight excluding hydrogens is 494 g/mol. The van der Waals surface area contributed by atoms with Crippen LogP contribution in [0.5, 0.6) is 5.75 Å². The number of piperazine rings is 1. The van der Waals surface area contributed by atoms with Crippen LogP contribution in [0.2, 0.25) is 0 Å². The number of amides is 2. The van der Waals surface area contributed by atoms with Crippen molar-refractivity contribution in [3.8, 4) is 17.0 Å². The van der Waals surface area contributed by atoms with Gasteiger partial charge in [0, 0.05) is 56.3 Å². The molecule has 0 atom stereocenters. The van der Waals surface area contributed by atoms with Crippen molar-refractivity contribution < 1.29 is 18.7 Å². The van der Waals surface area contributed by atoms with Crippen molar-refractivity contribution in [3.05, 3.63) is 40.1 Å². The predicted molar refractivity (Wildman–Crippen MR) is 144 cm³/mol. The number of hydrogen-bond donors (Lipinski definition) is 2. The molecule has 2 amide bonds. The van der Waals surface area contributed by atoms with E-state index in [2.05, 4.69) is 32.3 Å². The third-order valence-electron chi connectivity index (χ3n) is 6.43. The van der Waals surface area contributed by atoms with E-state index in [0.717, 1.165) is 45.7 Å². The molecule has 1 saturated heterocycles. The van der Waals surface area contributed by atoms with Crippen LogP contribution in [0.1, 0.15) is 26.2 Å². The van der Waals surface area contributed by atoms with Gasteiger partial charge >= 0.3 is 5.63 Å². The van der Waals surface area contributed by atoms with Crippen LogP contribution < -0.4 is 21.0 Å². The Bertz CT molecular complexity index is 1280. The Labute approximate surface area is 219 Å². The largest absolute Gasteiger partial charge is 0.493 e. The summed E-state index contributed by atoms with van der Waals surface area (Å²) >= 11 is 1.20. The summed E-state index contributed by atoms with van der Waals surface area (Å²) in [7, 11) is 1.51. The summed E-state index contributed by atoms with van der Waals surface area (Å²) in [5, 5.41) is 8.34. The van der Waals surface area contributed by atoms with Gasteiger partial charge in [-0.25, -0.2) is 9.78 Å². The smallest absolute Gasteiger partial charge is 0.345 e. The van der Waals surface area contributed by atoms with Crippen molar-refractivity contribution in [1.29, 1.82) is 0 Å². The number of thiazole rings is 1. The second-order valence-corrected chi connectivity index (χ2v) is 9.75. The summed E-state index contributed by atoms with van der Waals surface area (Å²) in [6, 6.07) is 7.04. The number of carbonyl (C=O) groups excluding carboxylic acids is 2. The molecule has 0 bridgehead atoms. The fourth-order valence-corrected chi connectivity index (χ4v) is 5.00. The maximum atomic E-state index is 12.5. The first-order chi connectivity index (χ1) is 18.0. The molecule has 1 aliphatic heterocycles. The number of fused-ring (bicyclic) bond motifs is 1. The highest BCUT2D eigenvalue weighted by atomic mass is 32.1. The number of rotatable bonds is 11. The molecule has 0 aliphatic carbocycles. The van der Waals surface area contributed by atoms with Gasteiger partial charge in [-0.05, 0) is 31.6 Å². The zero-order chi connectivity index (χ0) is 26.2. The van der Waals surface area contributed by atoms with E-state index in [4.69, 9.17) is 9.15 Å². The number of ether oxygens (including phenoxy) is 1. The number of benzene rings is 1. The molecule has 0 saturated carbocycles. The highest BCUT2D eigenvalue weighted by Crippen LogP contribution is 2.29. The van der Waals surface area contributed by atoms with E-state index < -0.39 is 5.63 Å². The van der Waals surface area contributed by atoms with E-state index in [9.17, 15) is 14.4 Å².